The molecule has 1 aromatic rings. The molecular formula is C16H19N3O5. The third kappa shape index (κ3) is 3.53. The van der Waals surface area contributed by atoms with Gasteiger partial charge in [0.25, 0.3) is 11.8 Å². The van der Waals surface area contributed by atoms with Gasteiger partial charge in [0.2, 0.25) is 5.91 Å². The first-order valence-electron chi connectivity index (χ1n) is 7.33. The van der Waals surface area contributed by atoms with Crippen LogP contribution in [0.15, 0.2) is 18.2 Å². The summed E-state index contributed by atoms with van der Waals surface area (Å²) in [5.74, 6) is -1.20. The summed E-state index contributed by atoms with van der Waals surface area (Å²) in [6, 6.07) is 4.71. The number of nitrogens with zero attached hydrogens (tertiary/aromatic N) is 1. The Morgan fingerprint density at radius 1 is 1.17 bits per heavy atom. The van der Waals surface area contributed by atoms with Crippen molar-refractivity contribution in [3.63, 3.8) is 0 Å². The van der Waals surface area contributed by atoms with Crippen molar-refractivity contribution in [3.05, 3.63) is 23.8 Å². The first kappa shape index (κ1) is 17.5. The zero-order valence-electron chi connectivity index (χ0n) is 13.9. The van der Waals surface area contributed by atoms with Crippen LogP contribution < -0.4 is 20.5 Å². The van der Waals surface area contributed by atoms with Gasteiger partial charge in [-0.1, -0.05) is 0 Å². The van der Waals surface area contributed by atoms with Gasteiger partial charge in [-0.05, 0) is 39.0 Å². The Bertz CT molecular complexity index is 726. The highest BCUT2D eigenvalue weighted by Gasteiger charge is 2.41. The van der Waals surface area contributed by atoms with Crippen LogP contribution in [0.1, 0.15) is 38.1 Å². The van der Waals surface area contributed by atoms with Gasteiger partial charge in [0.05, 0.1) is 5.69 Å². The molecule has 0 aromatic heterocycles. The Morgan fingerprint density at radius 3 is 2.42 bits per heavy atom. The third-order valence-corrected chi connectivity index (χ3v) is 3.46. The molecule has 24 heavy (non-hydrogen) atoms. The average molecular weight is 333 g/mol. The van der Waals surface area contributed by atoms with E-state index >= 15 is 0 Å². The van der Waals surface area contributed by atoms with Crippen molar-refractivity contribution in [1.29, 1.82) is 0 Å². The third-order valence-electron chi connectivity index (χ3n) is 3.46. The summed E-state index contributed by atoms with van der Waals surface area (Å²) in [6.07, 6.45) is 0. The fourth-order valence-electron chi connectivity index (χ4n) is 2.28. The number of ketones is 1. The molecule has 1 aliphatic rings. The predicted molar refractivity (Wildman–Crippen MR) is 85.5 cm³/mol. The van der Waals surface area contributed by atoms with E-state index in [1.165, 1.54) is 24.8 Å². The largest absolute Gasteiger partial charge is 0.476 e. The average Bonchev–Trinajstić information content (AvgIpc) is 2.49. The monoisotopic (exact) mass is 333 g/mol. The molecule has 128 valence electrons. The number of anilines is 1. The van der Waals surface area contributed by atoms with Gasteiger partial charge in [-0.15, -0.1) is 0 Å². The van der Waals surface area contributed by atoms with Crippen LogP contribution in [0.25, 0.3) is 0 Å². The lowest BCUT2D eigenvalue weighted by Gasteiger charge is -2.38. The van der Waals surface area contributed by atoms with Crippen LogP contribution in [0.2, 0.25) is 0 Å². The van der Waals surface area contributed by atoms with E-state index in [0.29, 0.717) is 17.0 Å². The summed E-state index contributed by atoms with van der Waals surface area (Å²) < 4.78 is 5.67. The van der Waals surface area contributed by atoms with E-state index in [2.05, 4.69) is 10.9 Å². The zero-order valence-corrected chi connectivity index (χ0v) is 13.9. The van der Waals surface area contributed by atoms with Crippen molar-refractivity contribution in [2.45, 2.75) is 33.3 Å². The Hall–Kier alpha value is -2.90. The van der Waals surface area contributed by atoms with E-state index in [4.69, 9.17) is 4.74 Å². The van der Waals surface area contributed by atoms with E-state index in [0.717, 1.165) is 0 Å². The molecule has 2 rings (SSSR count). The molecule has 0 fully saturated rings. The van der Waals surface area contributed by atoms with Gasteiger partial charge < -0.3 is 4.74 Å². The maximum Gasteiger partial charge on any atom is 0.271 e. The molecule has 0 atom stereocenters. The minimum atomic E-state index is -1.15. The Labute approximate surface area is 139 Å². The number of hydrogen-bond acceptors (Lipinski definition) is 5. The first-order chi connectivity index (χ1) is 11.1. The van der Waals surface area contributed by atoms with Gasteiger partial charge in [0, 0.05) is 12.5 Å². The lowest BCUT2D eigenvalue weighted by molar-refractivity contribution is -0.134. The van der Waals surface area contributed by atoms with Crippen LogP contribution in [0.3, 0.4) is 0 Å². The molecule has 0 aliphatic carbocycles. The molecule has 0 saturated carbocycles. The van der Waals surface area contributed by atoms with Crippen molar-refractivity contribution in [3.8, 4) is 5.75 Å². The maximum absolute atomic E-state index is 12.6. The summed E-state index contributed by atoms with van der Waals surface area (Å²) in [4.78, 5) is 48.3. The second-order valence-corrected chi connectivity index (χ2v) is 5.97. The van der Waals surface area contributed by atoms with E-state index < -0.39 is 23.3 Å². The van der Waals surface area contributed by atoms with Gasteiger partial charge in [0.15, 0.2) is 11.4 Å². The normalized spacial score (nSPS) is 15.2. The molecule has 3 amide bonds. The summed E-state index contributed by atoms with van der Waals surface area (Å²) in [5, 5.41) is 0. The van der Waals surface area contributed by atoms with Gasteiger partial charge in [-0.25, -0.2) is 0 Å². The highest BCUT2D eigenvalue weighted by atomic mass is 16.5. The quantitative estimate of drug-likeness (QED) is 0.621. The second kappa shape index (κ2) is 6.31. The van der Waals surface area contributed by atoms with Crippen molar-refractivity contribution < 1.29 is 23.9 Å². The van der Waals surface area contributed by atoms with Crippen LogP contribution in [0.5, 0.6) is 5.75 Å². The standard InChI is InChI=1S/C16H19N3O5/c1-9(20)11-5-6-13-12(7-11)19(15(23)16(3,4)24-13)8-14(22)18-17-10(2)21/h5-7H,8H2,1-4H3,(H,17,21)(H,18,22). The van der Waals surface area contributed by atoms with E-state index in [9.17, 15) is 19.2 Å². The van der Waals surface area contributed by atoms with Crippen molar-refractivity contribution >= 4 is 29.2 Å². The second-order valence-electron chi connectivity index (χ2n) is 5.97. The van der Waals surface area contributed by atoms with E-state index in [1.54, 1.807) is 26.0 Å². The Balaban J connectivity index is 2.36. The van der Waals surface area contributed by atoms with Crippen molar-refractivity contribution in [2.24, 2.45) is 0 Å². The smallest absolute Gasteiger partial charge is 0.271 e. The summed E-state index contributed by atoms with van der Waals surface area (Å²) >= 11 is 0. The predicted octanol–water partition coefficient (Wildman–Crippen LogP) is 0.560. The summed E-state index contributed by atoms with van der Waals surface area (Å²) in [6.45, 7) is 5.52. The molecule has 1 aromatic carbocycles. The van der Waals surface area contributed by atoms with Gasteiger partial charge in [-0.2, -0.15) is 0 Å². The Kier molecular flexibility index (Phi) is 4.59. The van der Waals surface area contributed by atoms with E-state index in [1.807, 2.05) is 0 Å². The van der Waals surface area contributed by atoms with Crippen molar-refractivity contribution in [2.75, 3.05) is 11.4 Å². The van der Waals surface area contributed by atoms with Gasteiger partial charge in [-0.3, -0.25) is 34.9 Å². The molecule has 0 spiro atoms. The number of carbonyl (C=O) groups excluding carboxylic acids is 4. The van der Waals surface area contributed by atoms with Crippen LogP contribution >= 0.6 is 0 Å². The lowest BCUT2D eigenvalue weighted by Crippen LogP contribution is -2.56. The number of fused-ring (bicyclic) bond motifs is 1. The highest BCUT2D eigenvalue weighted by molar-refractivity contribution is 6.07. The van der Waals surface area contributed by atoms with Crippen LogP contribution in [-0.2, 0) is 14.4 Å². The van der Waals surface area contributed by atoms with Crippen LogP contribution in [-0.4, -0.2) is 35.7 Å². The summed E-state index contributed by atoms with van der Waals surface area (Å²) in [7, 11) is 0. The number of Topliss-reactive ketones (excluding diaryl/α,β-unsaturated/α-hetero) is 1. The molecule has 0 unspecified atom stereocenters. The SMILES string of the molecule is CC(=O)NNC(=O)CN1C(=O)C(C)(C)Oc2ccc(C(C)=O)cc21. The number of carbonyl (C=O) groups is 4. The van der Waals surface area contributed by atoms with Gasteiger partial charge >= 0.3 is 0 Å². The minimum absolute atomic E-state index is 0.169. The topological polar surface area (TPSA) is 105 Å². The fourth-order valence-corrected chi connectivity index (χ4v) is 2.28. The molecule has 2 N–H and O–H groups in total. The number of hydrazine groups is 1. The zero-order chi connectivity index (χ0) is 18.1. The van der Waals surface area contributed by atoms with Crippen LogP contribution in [0.4, 0.5) is 5.69 Å². The molecule has 0 bridgehead atoms. The molecule has 1 heterocycles. The molecule has 0 radical (unpaired) electrons. The maximum atomic E-state index is 12.6. The minimum Gasteiger partial charge on any atom is -0.476 e. The van der Waals surface area contributed by atoms with Crippen LogP contribution in [0, 0.1) is 0 Å². The lowest BCUT2D eigenvalue weighted by atomic mass is 10.0. The number of ether oxygens (including phenoxy) is 1. The van der Waals surface area contributed by atoms with E-state index in [-0.39, 0.29) is 12.3 Å². The number of hydrogen-bond donors (Lipinski definition) is 2. The number of benzene rings is 1. The van der Waals surface area contributed by atoms with Gasteiger partial charge in [0.1, 0.15) is 12.3 Å². The fraction of sp³-hybridized carbons (Fsp3) is 0.375. The molecule has 8 nitrogen and oxygen atoms in total. The summed E-state index contributed by atoms with van der Waals surface area (Å²) in [5.41, 5.74) is 3.95. The molecule has 8 heteroatoms. The molecular weight excluding hydrogens is 314 g/mol. The number of rotatable bonds is 3. The first-order valence-corrected chi connectivity index (χ1v) is 7.33. The molecule has 0 saturated heterocycles. The number of amides is 3. The highest BCUT2D eigenvalue weighted by Crippen LogP contribution is 2.38. The van der Waals surface area contributed by atoms with Crippen molar-refractivity contribution in [1.82, 2.24) is 10.9 Å². The number of nitrogens with one attached hydrogen (secondary N) is 2. The molecule has 1 aliphatic heterocycles. The Morgan fingerprint density at radius 2 is 1.83 bits per heavy atom.